The van der Waals surface area contributed by atoms with Gasteiger partial charge in [0.25, 0.3) is 5.91 Å². The molecule has 0 aliphatic carbocycles. The van der Waals surface area contributed by atoms with Crippen LogP contribution >= 0.6 is 23.2 Å². The van der Waals surface area contributed by atoms with Crippen LogP contribution in [0.4, 0.5) is 26.3 Å². The monoisotopic (exact) mass is 540 g/mol. The average Bonchev–Trinajstić information content (AvgIpc) is 2.80. The average molecular weight is 541 g/mol. The number of hydrogen-bond acceptors (Lipinski definition) is 2. The van der Waals surface area contributed by atoms with Gasteiger partial charge in [0.15, 0.2) is 0 Å². The first kappa shape index (κ1) is 27.6. The van der Waals surface area contributed by atoms with Crippen LogP contribution in [-0.2, 0) is 12.4 Å². The third-order valence-corrected chi connectivity index (χ3v) is 6.76. The maximum atomic E-state index is 13.2. The first-order valence-corrected chi connectivity index (χ1v) is 11.8. The highest BCUT2D eigenvalue weighted by Gasteiger charge is 2.37. The molecule has 0 bridgehead atoms. The third kappa shape index (κ3) is 7.75. The predicted molar refractivity (Wildman–Crippen MR) is 123 cm³/mol. The Balaban J connectivity index is 1.80. The fraction of sp³-hybridized carbons (Fsp3) is 0.458. The molecule has 0 aromatic heterocycles. The zero-order valence-corrected chi connectivity index (χ0v) is 20.1. The molecule has 1 unspecified atom stereocenters. The number of benzene rings is 2. The number of piperidine rings is 1. The zero-order chi connectivity index (χ0) is 25.8. The normalized spacial score (nSPS) is 16.2. The molecule has 11 heteroatoms. The van der Waals surface area contributed by atoms with E-state index in [1.807, 2.05) is 0 Å². The Labute approximate surface area is 209 Å². The van der Waals surface area contributed by atoms with Crippen LogP contribution in [0.25, 0.3) is 0 Å². The summed E-state index contributed by atoms with van der Waals surface area (Å²) >= 11 is 12.1. The molecule has 3 rings (SSSR count). The molecule has 1 fully saturated rings. The number of alkyl halides is 6. The van der Waals surface area contributed by atoms with Crippen molar-refractivity contribution in [2.24, 2.45) is 0 Å². The van der Waals surface area contributed by atoms with Crippen LogP contribution in [0.3, 0.4) is 0 Å². The lowest BCUT2D eigenvalue weighted by Gasteiger charge is -2.28. The number of likely N-dealkylation sites (tertiary alicyclic amines) is 1. The van der Waals surface area contributed by atoms with Gasteiger partial charge in [-0.25, -0.2) is 0 Å². The van der Waals surface area contributed by atoms with E-state index in [9.17, 15) is 31.1 Å². The van der Waals surface area contributed by atoms with E-state index in [-0.39, 0.29) is 18.5 Å². The molecule has 1 aliphatic rings. The molecule has 2 aromatic rings. The molecule has 0 spiro atoms. The summed E-state index contributed by atoms with van der Waals surface area (Å²) in [5.41, 5.74) is -3.03. The van der Waals surface area contributed by atoms with Crippen LogP contribution < -0.4 is 5.32 Å². The summed E-state index contributed by atoms with van der Waals surface area (Å²) in [5.74, 6) is -1.30. The molecular formula is C24H24Cl2F6N2O. The maximum absolute atomic E-state index is 13.2. The van der Waals surface area contributed by atoms with Crippen molar-refractivity contribution in [1.29, 1.82) is 0 Å². The Hall–Kier alpha value is -1.97. The minimum Gasteiger partial charge on any atom is -0.351 e. The van der Waals surface area contributed by atoms with Gasteiger partial charge in [-0.15, -0.1) is 0 Å². The minimum atomic E-state index is -5.03. The fourth-order valence-electron chi connectivity index (χ4n) is 4.08. The summed E-state index contributed by atoms with van der Waals surface area (Å²) < 4.78 is 78.9. The molecule has 0 saturated carbocycles. The van der Waals surface area contributed by atoms with E-state index in [0.29, 0.717) is 28.6 Å². The molecule has 1 amide bonds. The summed E-state index contributed by atoms with van der Waals surface area (Å²) in [4.78, 5) is 15.0. The van der Waals surface area contributed by atoms with Crippen molar-refractivity contribution in [1.82, 2.24) is 10.2 Å². The molecular weight excluding hydrogens is 517 g/mol. The molecule has 1 atom stereocenters. The second kappa shape index (κ2) is 11.4. The number of hydrogen-bond donors (Lipinski definition) is 1. The van der Waals surface area contributed by atoms with Gasteiger partial charge in [0, 0.05) is 18.0 Å². The largest absolute Gasteiger partial charge is 0.416 e. The quantitative estimate of drug-likeness (QED) is 0.370. The van der Waals surface area contributed by atoms with E-state index in [1.54, 1.807) is 18.2 Å². The van der Waals surface area contributed by atoms with Crippen LogP contribution in [0, 0.1) is 0 Å². The molecule has 1 aliphatic heterocycles. The molecule has 1 N–H and O–H groups in total. The summed E-state index contributed by atoms with van der Waals surface area (Å²) in [6, 6.07) is 5.85. The number of amides is 1. The minimum absolute atomic E-state index is 0.00221. The topological polar surface area (TPSA) is 32.3 Å². The van der Waals surface area contributed by atoms with Crippen LogP contribution in [-0.4, -0.2) is 37.0 Å². The predicted octanol–water partition coefficient (Wildman–Crippen LogP) is 7.42. The molecule has 0 radical (unpaired) electrons. The van der Waals surface area contributed by atoms with Gasteiger partial charge in [0.05, 0.1) is 21.2 Å². The van der Waals surface area contributed by atoms with Crippen molar-refractivity contribution in [2.45, 2.75) is 44.0 Å². The fourth-order valence-corrected chi connectivity index (χ4v) is 4.38. The molecule has 1 heterocycles. The van der Waals surface area contributed by atoms with E-state index < -0.39 is 35.0 Å². The zero-order valence-electron chi connectivity index (χ0n) is 18.6. The highest BCUT2D eigenvalue weighted by molar-refractivity contribution is 6.42. The summed E-state index contributed by atoms with van der Waals surface area (Å²) in [5, 5.41) is 3.16. The van der Waals surface area contributed by atoms with Gasteiger partial charge >= 0.3 is 12.4 Å². The summed E-state index contributed by atoms with van der Waals surface area (Å²) in [6.07, 6.45) is -6.12. The van der Waals surface area contributed by atoms with Crippen LogP contribution in [0.2, 0.25) is 10.0 Å². The van der Waals surface area contributed by atoms with E-state index in [2.05, 4.69) is 10.2 Å². The van der Waals surface area contributed by atoms with E-state index in [4.69, 9.17) is 23.2 Å². The number of nitrogens with one attached hydrogen (secondary N) is 1. The molecule has 2 aromatic carbocycles. The van der Waals surface area contributed by atoms with Gasteiger partial charge in [-0.2, -0.15) is 26.3 Å². The van der Waals surface area contributed by atoms with Gasteiger partial charge < -0.3 is 10.2 Å². The van der Waals surface area contributed by atoms with Gasteiger partial charge in [-0.3, -0.25) is 4.79 Å². The first-order chi connectivity index (χ1) is 16.3. The number of nitrogens with zero attached hydrogens (tertiary/aromatic N) is 1. The van der Waals surface area contributed by atoms with Gasteiger partial charge in [-0.1, -0.05) is 35.7 Å². The van der Waals surface area contributed by atoms with Crippen molar-refractivity contribution in [3.8, 4) is 0 Å². The van der Waals surface area contributed by atoms with Crippen LogP contribution in [0.1, 0.15) is 58.6 Å². The number of carbonyl (C=O) groups excluding carboxylic acids is 1. The van der Waals surface area contributed by atoms with Crippen molar-refractivity contribution in [3.05, 3.63) is 68.7 Å². The van der Waals surface area contributed by atoms with Gasteiger partial charge in [-0.05, 0) is 74.8 Å². The van der Waals surface area contributed by atoms with Crippen LogP contribution in [0.5, 0.6) is 0 Å². The standard InChI is InChI=1S/C24H24Cl2F6N2O/c25-20-5-4-15(12-21(20)26)16(6-9-34-7-2-1-3-8-34)14-33-22(35)17-10-18(23(27,28)29)13-19(11-17)24(30,31)32/h4-5,10-13,16H,1-3,6-9,14H2,(H,33,35). The SMILES string of the molecule is O=C(NCC(CCN1CCCCC1)c1ccc(Cl)c(Cl)c1)c1cc(C(F)(F)F)cc(C(F)(F)F)c1. The lowest BCUT2D eigenvalue weighted by atomic mass is 9.94. The first-order valence-electron chi connectivity index (χ1n) is 11.1. The smallest absolute Gasteiger partial charge is 0.351 e. The summed E-state index contributed by atoms with van der Waals surface area (Å²) in [7, 11) is 0. The van der Waals surface area contributed by atoms with Crippen molar-refractivity contribution < 1.29 is 31.1 Å². The molecule has 1 saturated heterocycles. The van der Waals surface area contributed by atoms with Gasteiger partial charge in [0.1, 0.15) is 0 Å². The Morgan fingerprint density at radius 2 is 1.49 bits per heavy atom. The molecule has 3 nitrogen and oxygen atoms in total. The highest BCUT2D eigenvalue weighted by atomic mass is 35.5. The van der Waals surface area contributed by atoms with E-state index in [1.165, 1.54) is 6.42 Å². The Morgan fingerprint density at radius 3 is 2.03 bits per heavy atom. The van der Waals surface area contributed by atoms with E-state index in [0.717, 1.165) is 38.0 Å². The van der Waals surface area contributed by atoms with Crippen LogP contribution in [0.15, 0.2) is 36.4 Å². The number of carbonyl (C=O) groups is 1. The van der Waals surface area contributed by atoms with Crippen molar-refractivity contribution in [3.63, 3.8) is 0 Å². The summed E-state index contributed by atoms with van der Waals surface area (Å²) in [6.45, 7) is 2.63. The van der Waals surface area contributed by atoms with Crippen molar-refractivity contribution in [2.75, 3.05) is 26.2 Å². The van der Waals surface area contributed by atoms with Gasteiger partial charge in [0.2, 0.25) is 0 Å². The van der Waals surface area contributed by atoms with E-state index >= 15 is 0 Å². The second-order valence-corrected chi connectivity index (χ2v) is 9.38. The lowest BCUT2D eigenvalue weighted by molar-refractivity contribution is -0.143. The lowest BCUT2D eigenvalue weighted by Crippen LogP contribution is -2.34. The Kier molecular flexibility index (Phi) is 8.99. The maximum Gasteiger partial charge on any atom is 0.416 e. The molecule has 35 heavy (non-hydrogen) atoms. The number of halogens is 8. The molecule has 192 valence electrons. The second-order valence-electron chi connectivity index (χ2n) is 8.57. The third-order valence-electron chi connectivity index (χ3n) is 6.02. The van der Waals surface area contributed by atoms with Crippen molar-refractivity contribution >= 4 is 29.1 Å². The number of rotatable bonds is 7. The Morgan fingerprint density at radius 1 is 0.886 bits per heavy atom. The Bertz CT molecular complexity index is 1000. The highest BCUT2D eigenvalue weighted by Crippen LogP contribution is 2.36.